The minimum atomic E-state index is -0.0530. The van der Waals surface area contributed by atoms with E-state index in [1.165, 1.54) is 51.9 Å². The Hall–Kier alpha value is -1.01. The number of nitrogens with zero attached hydrogens (tertiary/aromatic N) is 4. The Morgan fingerprint density at radius 3 is 2.35 bits per heavy atom. The molecule has 1 aromatic heterocycles. The number of nitrogens with one attached hydrogen (secondary N) is 2. The Labute approximate surface area is 140 Å². The van der Waals surface area contributed by atoms with Crippen molar-refractivity contribution in [3.05, 3.63) is 5.82 Å². The van der Waals surface area contributed by atoms with E-state index in [2.05, 4.69) is 43.2 Å². The fraction of sp³-hybridized carbons (Fsp3) is 0.941. The van der Waals surface area contributed by atoms with Crippen LogP contribution in [-0.2, 0) is 5.54 Å². The maximum absolute atomic E-state index is 4.40. The van der Waals surface area contributed by atoms with Crippen LogP contribution in [0.4, 0.5) is 0 Å². The molecule has 2 fully saturated rings. The summed E-state index contributed by atoms with van der Waals surface area (Å²) in [6.07, 6.45) is 6.89. The summed E-state index contributed by atoms with van der Waals surface area (Å²) in [5.41, 5.74) is -0.0530. The summed E-state index contributed by atoms with van der Waals surface area (Å²) in [4.78, 5) is 3.53. The smallest absolute Gasteiger partial charge is 0.209 e. The van der Waals surface area contributed by atoms with Gasteiger partial charge in [0, 0.05) is 6.42 Å². The lowest BCUT2D eigenvalue weighted by Gasteiger charge is -2.36. The Bertz CT molecular complexity index is 491. The standard InChI is InChI=1S/C17H32N6/c1-5-15(16-18-19-20-23(16)17(2,3)4)22-12-10-21(11-13-22)14-8-6-7-9-14/h14-15H,5-13H2,1-4H3/p+2/t15-/m1/s1. The number of hydrogen-bond donors (Lipinski definition) is 2. The maximum Gasteiger partial charge on any atom is 0.209 e. The Kier molecular flexibility index (Phi) is 5.01. The topological polar surface area (TPSA) is 52.5 Å². The molecule has 1 saturated heterocycles. The molecule has 1 atom stereocenters. The summed E-state index contributed by atoms with van der Waals surface area (Å²) in [5, 5.41) is 12.6. The van der Waals surface area contributed by atoms with Gasteiger partial charge in [-0.25, -0.2) is 4.68 Å². The predicted octanol–water partition coefficient (Wildman–Crippen LogP) is -0.395. The van der Waals surface area contributed by atoms with Gasteiger partial charge in [0.1, 0.15) is 32.2 Å². The van der Waals surface area contributed by atoms with Crippen molar-refractivity contribution in [2.24, 2.45) is 0 Å². The first-order valence-electron chi connectivity index (χ1n) is 9.48. The highest BCUT2D eigenvalue weighted by Gasteiger charge is 2.37. The van der Waals surface area contributed by atoms with Gasteiger partial charge < -0.3 is 9.80 Å². The van der Waals surface area contributed by atoms with E-state index < -0.39 is 0 Å². The second-order valence-electron chi connectivity index (χ2n) is 8.38. The number of quaternary nitrogens is 2. The van der Waals surface area contributed by atoms with Crippen LogP contribution in [-0.4, -0.2) is 52.4 Å². The van der Waals surface area contributed by atoms with Gasteiger partial charge >= 0.3 is 0 Å². The van der Waals surface area contributed by atoms with Gasteiger partial charge in [0.05, 0.1) is 11.6 Å². The first-order chi connectivity index (χ1) is 11.0. The number of hydrogen-bond acceptors (Lipinski definition) is 3. The third-order valence-corrected chi connectivity index (χ3v) is 5.81. The van der Waals surface area contributed by atoms with Gasteiger partial charge in [-0.15, -0.1) is 5.10 Å². The molecule has 1 aromatic rings. The number of rotatable bonds is 4. The highest BCUT2D eigenvalue weighted by molar-refractivity contribution is 4.91. The Balaban J connectivity index is 1.67. The molecule has 0 spiro atoms. The largest absolute Gasteiger partial charge is 0.323 e. The molecule has 2 aliphatic rings. The number of aromatic nitrogens is 4. The molecule has 0 amide bonds. The second kappa shape index (κ2) is 6.85. The van der Waals surface area contributed by atoms with Crippen molar-refractivity contribution in [3.63, 3.8) is 0 Å². The van der Waals surface area contributed by atoms with E-state index in [-0.39, 0.29) is 5.54 Å². The quantitative estimate of drug-likeness (QED) is 0.793. The van der Waals surface area contributed by atoms with Gasteiger partial charge in [-0.05, 0) is 56.9 Å². The van der Waals surface area contributed by atoms with Crippen molar-refractivity contribution in [1.29, 1.82) is 0 Å². The molecular weight excluding hydrogens is 288 g/mol. The van der Waals surface area contributed by atoms with E-state index in [4.69, 9.17) is 0 Å². The molecule has 0 aromatic carbocycles. The summed E-state index contributed by atoms with van der Waals surface area (Å²) < 4.78 is 2.03. The zero-order valence-electron chi connectivity index (χ0n) is 15.3. The molecule has 1 aliphatic carbocycles. The van der Waals surface area contributed by atoms with Crippen molar-refractivity contribution in [1.82, 2.24) is 20.2 Å². The van der Waals surface area contributed by atoms with Gasteiger partial charge in [0.25, 0.3) is 0 Å². The average Bonchev–Trinajstić information content (AvgIpc) is 3.20. The van der Waals surface area contributed by atoms with E-state index >= 15 is 0 Å². The van der Waals surface area contributed by atoms with Crippen LogP contribution in [0.5, 0.6) is 0 Å². The lowest BCUT2D eigenvalue weighted by molar-refractivity contribution is -1.04. The van der Waals surface area contributed by atoms with Crippen LogP contribution in [0, 0.1) is 0 Å². The van der Waals surface area contributed by atoms with E-state index in [0.717, 1.165) is 18.3 Å². The summed E-state index contributed by atoms with van der Waals surface area (Å²) in [6.45, 7) is 13.9. The minimum absolute atomic E-state index is 0.0530. The molecule has 1 aliphatic heterocycles. The zero-order chi connectivity index (χ0) is 16.4. The third-order valence-electron chi connectivity index (χ3n) is 5.81. The molecule has 0 bridgehead atoms. The summed E-state index contributed by atoms with van der Waals surface area (Å²) >= 11 is 0. The SMILES string of the molecule is CC[C@H](c1nnnn1C(C)(C)C)[NH+]1CC[NH+](C2CCCC2)CC1. The minimum Gasteiger partial charge on any atom is -0.323 e. The molecule has 6 heteroatoms. The maximum atomic E-state index is 4.40. The molecule has 6 nitrogen and oxygen atoms in total. The van der Waals surface area contributed by atoms with Crippen LogP contribution >= 0.6 is 0 Å². The fourth-order valence-corrected chi connectivity index (χ4v) is 4.53. The summed E-state index contributed by atoms with van der Waals surface area (Å²) in [5.74, 6) is 1.07. The van der Waals surface area contributed by atoms with Crippen LogP contribution < -0.4 is 9.80 Å². The predicted molar refractivity (Wildman–Crippen MR) is 89.5 cm³/mol. The Morgan fingerprint density at radius 1 is 1.13 bits per heavy atom. The third kappa shape index (κ3) is 3.58. The van der Waals surface area contributed by atoms with E-state index in [9.17, 15) is 0 Å². The lowest BCUT2D eigenvalue weighted by Crippen LogP contribution is -3.29. The number of piperazine rings is 1. The van der Waals surface area contributed by atoms with Crippen molar-refractivity contribution >= 4 is 0 Å². The van der Waals surface area contributed by atoms with Gasteiger partial charge in [0.2, 0.25) is 5.82 Å². The fourth-order valence-electron chi connectivity index (χ4n) is 4.53. The molecule has 3 rings (SSSR count). The van der Waals surface area contributed by atoms with Crippen molar-refractivity contribution < 1.29 is 9.80 Å². The first-order valence-corrected chi connectivity index (χ1v) is 9.48. The normalized spacial score (nSPS) is 28.2. The molecule has 1 saturated carbocycles. The van der Waals surface area contributed by atoms with Crippen LogP contribution in [0.25, 0.3) is 0 Å². The molecule has 2 heterocycles. The van der Waals surface area contributed by atoms with Crippen LogP contribution in [0.3, 0.4) is 0 Å². The zero-order valence-corrected chi connectivity index (χ0v) is 15.3. The molecule has 130 valence electrons. The van der Waals surface area contributed by atoms with Crippen molar-refractivity contribution in [2.45, 2.75) is 77.4 Å². The van der Waals surface area contributed by atoms with Gasteiger partial charge in [-0.2, -0.15) is 0 Å². The first kappa shape index (κ1) is 16.8. The van der Waals surface area contributed by atoms with Crippen molar-refractivity contribution in [3.8, 4) is 0 Å². The lowest BCUT2D eigenvalue weighted by atomic mass is 10.1. The van der Waals surface area contributed by atoms with E-state index in [1.54, 1.807) is 4.90 Å². The Morgan fingerprint density at radius 2 is 1.78 bits per heavy atom. The average molecular weight is 323 g/mol. The number of tetrazole rings is 1. The van der Waals surface area contributed by atoms with Gasteiger partial charge in [-0.1, -0.05) is 6.92 Å². The van der Waals surface area contributed by atoms with E-state index in [1.807, 2.05) is 9.58 Å². The molecule has 0 unspecified atom stereocenters. The monoisotopic (exact) mass is 322 g/mol. The van der Waals surface area contributed by atoms with Gasteiger partial charge in [-0.3, -0.25) is 0 Å². The second-order valence-corrected chi connectivity index (χ2v) is 8.38. The molecule has 0 radical (unpaired) electrons. The van der Waals surface area contributed by atoms with Crippen LogP contribution in [0.1, 0.15) is 71.7 Å². The van der Waals surface area contributed by atoms with E-state index in [0.29, 0.717) is 6.04 Å². The van der Waals surface area contributed by atoms with Crippen LogP contribution in [0.2, 0.25) is 0 Å². The van der Waals surface area contributed by atoms with Gasteiger partial charge in [0.15, 0.2) is 0 Å². The molecule has 23 heavy (non-hydrogen) atoms. The molecule has 2 N–H and O–H groups in total. The summed E-state index contributed by atoms with van der Waals surface area (Å²) in [7, 11) is 0. The molecular formula is C17H34N6+2. The summed E-state index contributed by atoms with van der Waals surface area (Å²) in [6, 6.07) is 1.37. The highest BCUT2D eigenvalue weighted by atomic mass is 15.6. The van der Waals surface area contributed by atoms with Crippen LogP contribution in [0.15, 0.2) is 0 Å². The van der Waals surface area contributed by atoms with Crippen molar-refractivity contribution in [2.75, 3.05) is 26.2 Å². The highest BCUT2D eigenvalue weighted by Crippen LogP contribution is 2.19.